The van der Waals surface area contributed by atoms with Gasteiger partial charge in [-0.15, -0.1) is 0 Å². The third-order valence-corrected chi connectivity index (χ3v) is 7.10. The van der Waals surface area contributed by atoms with E-state index < -0.39 is 29.0 Å². The minimum absolute atomic E-state index is 0.353. The number of alkyl halides is 6. The topological polar surface area (TPSA) is 29.1 Å². The number of hydrogen-bond donors (Lipinski definition) is 1. The smallest absolute Gasteiger partial charge is 0.334 e. The van der Waals surface area contributed by atoms with Crippen LogP contribution in [-0.2, 0) is 17.9 Å². The summed E-state index contributed by atoms with van der Waals surface area (Å²) in [5.41, 5.74) is 1.35. The van der Waals surface area contributed by atoms with Crippen LogP contribution in [0.1, 0.15) is 49.3 Å². The van der Waals surface area contributed by atoms with Gasteiger partial charge in [-0.1, -0.05) is 66.7 Å². The Morgan fingerprint density at radius 3 is 1.53 bits per heavy atom. The summed E-state index contributed by atoms with van der Waals surface area (Å²) in [4.78, 5) is 13.2. The van der Waals surface area contributed by atoms with E-state index in [9.17, 15) is 31.1 Å². The maximum atomic E-state index is 13.4. The summed E-state index contributed by atoms with van der Waals surface area (Å²) >= 11 is 0. The van der Waals surface area contributed by atoms with Crippen LogP contribution in [0.3, 0.4) is 0 Å². The summed E-state index contributed by atoms with van der Waals surface area (Å²) < 4.78 is 80.0. The maximum absolute atomic E-state index is 13.4. The number of benzene rings is 4. The van der Waals surface area contributed by atoms with E-state index in [1.54, 1.807) is 42.5 Å². The Morgan fingerprint density at radius 2 is 1.00 bits per heavy atom. The normalized spacial score (nSPS) is 18.5. The Bertz CT molecular complexity index is 1610. The van der Waals surface area contributed by atoms with Crippen LogP contribution in [0.4, 0.5) is 26.3 Å². The zero-order valence-corrected chi connectivity index (χ0v) is 19.4. The van der Waals surface area contributed by atoms with Crippen LogP contribution in [0.25, 0.3) is 11.1 Å². The number of rotatable bonds is 2. The van der Waals surface area contributed by atoms with Gasteiger partial charge in [0.1, 0.15) is 5.54 Å². The number of carbonyl (C=O) groups is 1. The van der Waals surface area contributed by atoms with Gasteiger partial charge in [0.2, 0.25) is 0 Å². The van der Waals surface area contributed by atoms with Crippen LogP contribution in [0.2, 0.25) is 0 Å². The van der Waals surface area contributed by atoms with Crippen molar-refractivity contribution >= 4 is 17.1 Å². The highest BCUT2D eigenvalue weighted by Gasteiger charge is 2.53. The van der Waals surface area contributed by atoms with Gasteiger partial charge in [0.15, 0.2) is 0 Å². The van der Waals surface area contributed by atoms with Crippen LogP contribution >= 0.6 is 0 Å². The van der Waals surface area contributed by atoms with Crippen molar-refractivity contribution in [2.45, 2.75) is 17.9 Å². The molecular weight excluding hydrogens is 504 g/mol. The van der Waals surface area contributed by atoms with Crippen LogP contribution in [0, 0.1) is 0 Å². The van der Waals surface area contributed by atoms with Gasteiger partial charge in [0.05, 0.1) is 11.1 Å². The van der Waals surface area contributed by atoms with Crippen molar-refractivity contribution in [1.29, 1.82) is 0 Å². The molecule has 1 amide bonds. The molecule has 4 aromatic carbocycles. The second-order valence-electron chi connectivity index (χ2n) is 9.20. The highest BCUT2D eigenvalue weighted by Crippen LogP contribution is 2.57. The van der Waals surface area contributed by atoms with Gasteiger partial charge >= 0.3 is 12.4 Å². The second-order valence-corrected chi connectivity index (χ2v) is 9.20. The minimum Gasteiger partial charge on any atom is -0.334 e. The molecule has 2 aliphatic rings. The van der Waals surface area contributed by atoms with Crippen molar-refractivity contribution in [1.82, 2.24) is 5.32 Å². The quantitative estimate of drug-likeness (QED) is 0.269. The lowest BCUT2D eigenvalue weighted by Crippen LogP contribution is -2.40. The van der Waals surface area contributed by atoms with Crippen molar-refractivity contribution in [3.63, 3.8) is 0 Å². The molecule has 1 aliphatic carbocycles. The molecule has 6 rings (SSSR count). The SMILES string of the molecule is O=C1NC2(C(c3ccc(C(F)(F)F)cc3)=C(c3ccc(C(F)(F)F)cc3)c3ccccc32)c2ccccc21. The lowest BCUT2D eigenvalue weighted by atomic mass is 9.77. The Labute approximate surface area is 213 Å². The molecule has 8 heteroatoms. The third kappa shape index (κ3) is 3.47. The van der Waals surface area contributed by atoms with Crippen LogP contribution < -0.4 is 5.32 Å². The van der Waals surface area contributed by atoms with Crippen molar-refractivity contribution in [2.24, 2.45) is 0 Å². The number of amides is 1. The maximum Gasteiger partial charge on any atom is 0.416 e. The molecule has 0 bridgehead atoms. The summed E-state index contributed by atoms with van der Waals surface area (Å²) in [6.45, 7) is 0. The van der Waals surface area contributed by atoms with Gasteiger partial charge in [-0.05, 0) is 63.7 Å². The lowest BCUT2D eigenvalue weighted by Gasteiger charge is -2.31. The molecule has 1 heterocycles. The molecule has 2 nitrogen and oxygen atoms in total. The Balaban J connectivity index is 1.69. The van der Waals surface area contributed by atoms with Gasteiger partial charge in [-0.3, -0.25) is 4.79 Å². The molecule has 0 saturated carbocycles. The average molecular weight is 521 g/mol. The minimum atomic E-state index is -4.55. The number of fused-ring (bicyclic) bond motifs is 4. The summed E-state index contributed by atoms with van der Waals surface area (Å²) in [5, 5.41) is 3.08. The van der Waals surface area contributed by atoms with E-state index in [1.807, 2.05) is 6.07 Å². The highest BCUT2D eigenvalue weighted by atomic mass is 19.4. The van der Waals surface area contributed by atoms with Gasteiger partial charge < -0.3 is 5.32 Å². The predicted octanol–water partition coefficient (Wildman–Crippen LogP) is 7.68. The summed E-state index contributed by atoms with van der Waals surface area (Å²) in [7, 11) is 0. The Hall–Kier alpha value is -4.33. The second kappa shape index (κ2) is 8.08. The zero-order valence-electron chi connectivity index (χ0n) is 19.4. The summed E-state index contributed by atoms with van der Waals surface area (Å²) in [6.07, 6.45) is -9.08. The van der Waals surface area contributed by atoms with E-state index in [0.717, 1.165) is 24.3 Å². The molecule has 0 radical (unpaired) electrons. The van der Waals surface area contributed by atoms with E-state index in [1.165, 1.54) is 24.3 Å². The van der Waals surface area contributed by atoms with E-state index >= 15 is 0 Å². The fraction of sp³-hybridized carbons (Fsp3) is 0.100. The Kier molecular flexibility index (Phi) is 5.11. The van der Waals surface area contributed by atoms with E-state index in [0.29, 0.717) is 44.5 Å². The fourth-order valence-electron chi connectivity index (χ4n) is 5.52. The first-order valence-electron chi connectivity index (χ1n) is 11.6. The van der Waals surface area contributed by atoms with Gasteiger partial charge in [0, 0.05) is 11.1 Å². The van der Waals surface area contributed by atoms with E-state index in [-0.39, 0.29) is 5.91 Å². The van der Waals surface area contributed by atoms with Crippen LogP contribution in [0.15, 0.2) is 97.1 Å². The Morgan fingerprint density at radius 1 is 0.553 bits per heavy atom. The molecule has 0 saturated heterocycles. The van der Waals surface area contributed by atoms with Crippen molar-refractivity contribution in [3.8, 4) is 0 Å². The molecule has 1 aliphatic heterocycles. The van der Waals surface area contributed by atoms with Crippen molar-refractivity contribution < 1.29 is 31.1 Å². The standard InChI is InChI=1S/C30H17F6NO/c31-29(32,33)19-13-9-17(10-14-19)25-21-5-1-3-7-23(21)28(24-8-4-2-6-22(24)27(38)37-28)26(25)18-11-15-20(16-12-18)30(34,35)36/h1-16H,(H,37,38). The molecule has 1 atom stereocenters. The van der Waals surface area contributed by atoms with Gasteiger partial charge in [0.25, 0.3) is 5.91 Å². The molecule has 38 heavy (non-hydrogen) atoms. The largest absolute Gasteiger partial charge is 0.416 e. The van der Waals surface area contributed by atoms with Crippen molar-refractivity contribution in [3.05, 3.63) is 142 Å². The number of nitrogens with one attached hydrogen (secondary N) is 1. The molecule has 1 spiro atoms. The lowest BCUT2D eigenvalue weighted by molar-refractivity contribution is -0.138. The highest BCUT2D eigenvalue weighted by molar-refractivity contribution is 6.14. The molecule has 1 unspecified atom stereocenters. The molecule has 0 fully saturated rings. The van der Waals surface area contributed by atoms with Crippen LogP contribution in [-0.4, -0.2) is 5.91 Å². The molecule has 0 aromatic heterocycles. The molecular formula is C30H17F6NO. The first-order valence-corrected chi connectivity index (χ1v) is 11.6. The zero-order chi connectivity index (χ0) is 26.9. The third-order valence-electron chi connectivity index (χ3n) is 7.10. The summed E-state index contributed by atoms with van der Waals surface area (Å²) in [6, 6.07) is 23.4. The van der Waals surface area contributed by atoms with Gasteiger partial charge in [-0.25, -0.2) is 0 Å². The van der Waals surface area contributed by atoms with Gasteiger partial charge in [-0.2, -0.15) is 26.3 Å². The molecule has 190 valence electrons. The van der Waals surface area contributed by atoms with E-state index in [2.05, 4.69) is 5.32 Å². The molecule has 4 aromatic rings. The average Bonchev–Trinajstić information content (AvgIpc) is 3.35. The molecule has 1 N–H and O–H groups in total. The number of halogens is 6. The summed E-state index contributed by atoms with van der Waals surface area (Å²) in [5.74, 6) is -0.353. The first-order chi connectivity index (χ1) is 18.0. The predicted molar refractivity (Wildman–Crippen MR) is 130 cm³/mol. The van der Waals surface area contributed by atoms with E-state index in [4.69, 9.17) is 0 Å². The number of carbonyl (C=O) groups excluding carboxylic acids is 1. The monoisotopic (exact) mass is 521 g/mol. The number of hydrogen-bond acceptors (Lipinski definition) is 1. The van der Waals surface area contributed by atoms with Crippen molar-refractivity contribution in [2.75, 3.05) is 0 Å². The first kappa shape index (κ1) is 24.0. The fourth-order valence-corrected chi connectivity index (χ4v) is 5.52. The van der Waals surface area contributed by atoms with Crippen LogP contribution in [0.5, 0.6) is 0 Å².